The van der Waals surface area contributed by atoms with Crippen LogP contribution in [0.25, 0.3) is 0 Å². The van der Waals surface area contributed by atoms with Crippen LogP contribution in [0.1, 0.15) is 38.2 Å². The Labute approximate surface area is 129 Å². The molecule has 1 aromatic rings. The van der Waals surface area contributed by atoms with Gasteiger partial charge < -0.3 is 9.64 Å². The van der Waals surface area contributed by atoms with Gasteiger partial charge in [-0.25, -0.2) is 0 Å². The smallest absolute Gasteiger partial charge is 0.122 e. The molecule has 1 unspecified atom stereocenters. The Balaban J connectivity index is 2.35. The third-order valence-corrected chi connectivity index (χ3v) is 4.12. The second-order valence-corrected chi connectivity index (χ2v) is 5.83. The molecule has 0 bridgehead atoms. The summed E-state index contributed by atoms with van der Waals surface area (Å²) in [5, 5.41) is 0. The van der Waals surface area contributed by atoms with Crippen LogP contribution in [0, 0.1) is 0 Å². The number of methoxy groups -OCH3 is 1. The van der Waals surface area contributed by atoms with Crippen molar-refractivity contribution in [2.24, 2.45) is 0 Å². The highest BCUT2D eigenvalue weighted by Crippen LogP contribution is 2.20. The molecule has 1 aromatic carbocycles. The second-order valence-electron chi connectivity index (χ2n) is 5.45. The van der Waals surface area contributed by atoms with Crippen LogP contribution >= 0.6 is 11.6 Å². The number of rotatable bonds is 10. The summed E-state index contributed by atoms with van der Waals surface area (Å²) in [7, 11) is 3.95. The summed E-state index contributed by atoms with van der Waals surface area (Å²) in [6, 6.07) is 8.82. The fourth-order valence-electron chi connectivity index (χ4n) is 2.38. The first-order chi connectivity index (χ1) is 9.69. The van der Waals surface area contributed by atoms with E-state index in [2.05, 4.69) is 31.0 Å². The van der Waals surface area contributed by atoms with Gasteiger partial charge in [0, 0.05) is 11.9 Å². The quantitative estimate of drug-likeness (QED) is 0.470. The molecule has 0 saturated carbocycles. The van der Waals surface area contributed by atoms with Crippen molar-refractivity contribution in [3.63, 3.8) is 0 Å². The van der Waals surface area contributed by atoms with E-state index >= 15 is 0 Å². The van der Waals surface area contributed by atoms with Gasteiger partial charge in [0.1, 0.15) is 5.75 Å². The molecule has 0 heterocycles. The van der Waals surface area contributed by atoms with E-state index in [1.807, 2.05) is 12.1 Å². The molecular formula is C17H28ClNO. The van der Waals surface area contributed by atoms with Crippen LogP contribution in [0.2, 0.25) is 0 Å². The summed E-state index contributed by atoms with van der Waals surface area (Å²) >= 11 is 5.69. The van der Waals surface area contributed by atoms with Gasteiger partial charge in [0.15, 0.2) is 0 Å². The Kier molecular flexibility index (Phi) is 8.72. The number of hydrogen-bond donors (Lipinski definition) is 0. The van der Waals surface area contributed by atoms with Crippen molar-refractivity contribution >= 4 is 11.6 Å². The van der Waals surface area contributed by atoms with Crippen LogP contribution in [0.4, 0.5) is 0 Å². The van der Waals surface area contributed by atoms with Gasteiger partial charge in [-0.2, -0.15) is 0 Å². The molecule has 0 aliphatic heterocycles. The molecule has 0 aliphatic carbocycles. The molecule has 0 N–H and O–H groups in total. The molecule has 0 amide bonds. The van der Waals surface area contributed by atoms with E-state index in [9.17, 15) is 0 Å². The molecule has 3 heteroatoms. The van der Waals surface area contributed by atoms with Crippen LogP contribution in [0.5, 0.6) is 5.75 Å². The third-order valence-electron chi connectivity index (χ3n) is 3.85. The molecule has 0 aromatic heterocycles. The molecule has 1 atom stereocenters. The van der Waals surface area contributed by atoms with Crippen LogP contribution in [0.3, 0.4) is 0 Å². The van der Waals surface area contributed by atoms with Gasteiger partial charge in [-0.1, -0.05) is 31.0 Å². The van der Waals surface area contributed by atoms with Gasteiger partial charge >= 0.3 is 0 Å². The maximum Gasteiger partial charge on any atom is 0.122 e. The number of likely N-dealkylation sites (N-methyl/N-ethyl adjacent to an activating group) is 1. The Bertz CT molecular complexity index is 370. The van der Waals surface area contributed by atoms with Crippen molar-refractivity contribution in [1.29, 1.82) is 0 Å². The van der Waals surface area contributed by atoms with Crippen molar-refractivity contribution in [1.82, 2.24) is 4.90 Å². The lowest BCUT2D eigenvalue weighted by Crippen LogP contribution is -2.31. The Hall–Kier alpha value is -0.730. The minimum absolute atomic E-state index is 0.527. The molecule has 0 aliphatic rings. The van der Waals surface area contributed by atoms with E-state index in [0.717, 1.165) is 31.0 Å². The number of nitrogens with zero attached hydrogens (tertiary/aromatic N) is 1. The van der Waals surface area contributed by atoms with E-state index in [-0.39, 0.29) is 0 Å². The van der Waals surface area contributed by atoms with Gasteiger partial charge in [0.05, 0.1) is 7.11 Å². The van der Waals surface area contributed by atoms with Crippen LogP contribution < -0.4 is 4.74 Å². The lowest BCUT2D eigenvalue weighted by atomic mass is 10.0. The molecule has 20 heavy (non-hydrogen) atoms. The minimum atomic E-state index is 0.527. The fraction of sp³-hybridized carbons (Fsp3) is 0.647. The van der Waals surface area contributed by atoms with Crippen molar-refractivity contribution < 1.29 is 4.74 Å². The third kappa shape index (κ3) is 6.15. The minimum Gasteiger partial charge on any atom is -0.496 e. The highest BCUT2D eigenvalue weighted by molar-refractivity contribution is 6.17. The van der Waals surface area contributed by atoms with E-state index in [1.165, 1.54) is 24.8 Å². The van der Waals surface area contributed by atoms with Crippen molar-refractivity contribution in [2.45, 2.75) is 45.1 Å². The highest BCUT2D eigenvalue weighted by Gasteiger charge is 2.12. The van der Waals surface area contributed by atoms with Crippen molar-refractivity contribution in [2.75, 3.05) is 26.6 Å². The number of unbranched alkanes of at least 4 members (excludes halogenated alkanes) is 3. The van der Waals surface area contributed by atoms with E-state index in [1.54, 1.807) is 7.11 Å². The van der Waals surface area contributed by atoms with Gasteiger partial charge in [-0.05, 0) is 51.4 Å². The predicted octanol–water partition coefficient (Wildman–Crippen LogP) is 4.36. The first-order valence-corrected chi connectivity index (χ1v) is 8.10. The maximum atomic E-state index is 5.69. The van der Waals surface area contributed by atoms with Crippen molar-refractivity contribution in [3.8, 4) is 5.75 Å². The molecule has 0 spiro atoms. The molecule has 0 saturated heterocycles. The lowest BCUT2D eigenvalue weighted by molar-refractivity contribution is 0.249. The average molecular weight is 298 g/mol. The maximum absolute atomic E-state index is 5.69. The summed E-state index contributed by atoms with van der Waals surface area (Å²) in [5.41, 5.74) is 1.29. The normalized spacial score (nSPS) is 12.7. The summed E-state index contributed by atoms with van der Waals surface area (Å²) in [6.07, 6.45) is 5.95. The van der Waals surface area contributed by atoms with Crippen LogP contribution in [-0.4, -0.2) is 37.5 Å². The van der Waals surface area contributed by atoms with Gasteiger partial charge in [-0.3, -0.25) is 0 Å². The molecule has 0 fully saturated rings. The van der Waals surface area contributed by atoms with E-state index in [4.69, 9.17) is 16.3 Å². The Morgan fingerprint density at radius 1 is 1.15 bits per heavy atom. The Morgan fingerprint density at radius 3 is 2.55 bits per heavy atom. The molecule has 0 radical (unpaired) electrons. The number of benzene rings is 1. The van der Waals surface area contributed by atoms with Gasteiger partial charge in [0.2, 0.25) is 0 Å². The molecule has 114 valence electrons. The highest BCUT2D eigenvalue weighted by atomic mass is 35.5. The number of halogens is 1. The van der Waals surface area contributed by atoms with Crippen molar-refractivity contribution in [3.05, 3.63) is 29.8 Å². The standard InChI is InChI=1S/C17H28ClNO/c1-15(19(2)13-9-5-4-8-12-18)14-16-10-6-7-11-17(16)20-3/h6-7,10-11,15H,4-5,8-9,12-14H2,1-3H3. The zero-order valence-electron chi connectivity index (χ0n) is 13.1. The summed E-state index contributed by atoms with van der Waals surface area (Å²) in [5.74, 6) is 1.79. The summed E-state index contributed by atoms with van der Waals surface area (Å²) < 4.78 is 5.42. The first kappa shape index (κ1) is 17.3. The molecule has 2 nitrogen and oxygen atoms in total. The van der Waals surface area contributed by atoms with Crippen LogP contribution in [-0.2, 0) is 6.42 Å². The largest absolute Gasteiger partial charge is 0.496 e. The molecule has 1 rings (SSSR count). The van der Waals surface area contributed by atoms with Gasteiger partial charge in [-0.15, -0.1) is 11.6 Å². The number of ether oxygens (including phenoxy) is 1. The number of alkyl halides is 1. The first-order valence-electron chi connectivity index (χ1n) is 7.57. The number of hydrogen-bond acceptors (Lipinski definition) is 2. The predicted molar refractivity (Wildman–Crippen MR) is 88.0 cm³/mol. The SMILES string of the molecule is COc1ccccc1CC(C)N(C)CCCCCCCl. The fourth-order valence-corrected chi connectivity index (χ4v) is 2.56. The average Bonchev–Trinajstić information content (AvgIpc) is 2.47. The summed E-state index contributed by atoms with van der Waals surface area (Å²) in [4.78, 5) is 2.44. The monoisotopic (exact) mass is 297 g/mol. The van der Waals surface area contributed by atoms with E-state index < -0.39 is 0 Å². The van der Waals surface area contributed by atoms with E-state index in [0.29, 0.717) is 6.04 Å². The zero-order valence-corrected chi connectivity index (χ0v) is 13.8. The zero-order chi connectivity index (χ0) is 14.8. The Morgan fingerprint density at radius 2 is 1.85 bits per heavy atom. The van der Waals surface area contributed by atoms with Crippen LogP contribution in [0.15, 0.2) is 24.3 Å². The topological polar surface area (TPSA) is 12.5 Å². The molecular weight excluding hydrogens is 270 g/mol. The lowest BCUT2D eigenvalue weighted by Gasteiger charge is -2.25. The number of para-hydroxylation sites is 1. The second kappa shape index (κ2) is 10.1. The van der Waals surface area contributed by atoms with Gasteiger partial charge in [0.25, 0.3) is 0 Å². The summed E-state index contributed by atoms with van der Waals surface area (Å²) in [6.45, 7) is 3.43.